The first kappa shape index (κ1) is 12.7. The normalized spacial score (nSPS) is 13.2. The quantitative estimate of drug-likeness (QED) is 0.604. The molecule has 2 N–H and O–H groups in total. The standard InChI is InChI=1S/C15H18N2O/c1-12(18)17-8-3-2-4-13-5-6-15-11-16-9-7-14(15)10-13/h5-6,10,16H,3,7-9,11H2,1H3,(H,17,18). The molecule has 0 aliphatic carbocycles. The molecule has 0 unspecified atom stereocenters. The highest BCUT2D eigenvalue weighted by molar-refractivity contribution is 5.72. The van der Waals surface area contributed by atoms with Crippen LogP contribution in [0, 0.1) is 11.8 Å². The minimum Gasteiger partial charge on any atom is -0.355 e. The van der Waals surface area contributed by atoms with E-state index in [0.29, 0.717) is 13.0 Å². The minimum atomic E-state index is -0.00178. The summed E-state index contributed by atoms with van der Waals surface area (Å²) < 4.78 is 0. The van der Waals surface area contributed by atoms with Crippen molar-refractivity contribution < 1.29 is 4.79 Å². The highest BCUT2D eigenvalue weighted by Crippen LogP contribution is 2.15. The van der Waals surface area contributed by atoms with Crippen molar-refractivity contribution in [3.05, 3.63) is 34.9 Å². The summed E-state index contributed by atoms with van der Waals surface area (Å²) in [4.78, 5) is 10.7. The molecule has 0 radical (unpaired) electrons. The molecule has 3 nitrogen and oxygen atoms in total. The third-order valence-corrected chi connectivity index (χ3v) is 2.95. The fourth-order valence-corrected chi connectivity index (χ4v) is 2.02. The molecular weight excluding hydrogens is 224 g/mol. The minimum absolute atomic E-state index is 0.00178. The maximum Gasteiger partial charge on any atom is 0.216 e. The largest absolute Gasteiger partial charge is 0.355 e. The average molecular weight is 242 g/mol. The van der Waals surface area contributed by atoms with Gasteiger partial charge in [-0.1, -0.05) is 17.9 Å². The molecule has 1 aliphatic heterocycles. The van der Waals surface area contributed by atoms with Crippen molar-refractivity contribution in [1.29, 1.82) is 0 Å². The summed E-state index contributed by atoms with van der Waals surface area (Å²) in [7, 11) is 0. The van der Waals surface area contributed by atoms with Crippen LogP contribution >= 0.6 is 0 Å². The van der Waals surface area contributed by atoms with E-state index in [-0.39, 0.29) is 5.91 Å². The van der Waals surface area contributed by atoms with Gasteiger partial charge in [-0.25, -0.2) is 0 Å². The van der Waals surface area contributed by atoms with Crippen LogP contribution in [-0.2, 0) is 17.8 Å². The Kier molecular flexibility index (Phi) is 4.38. The van der Waals surface area contributed by atoms with Crippen molar-refractivity contribution in [2.75, 3.05) is 13.1 Å². The second-order valence-corrected chi connectivity index (χ2v) is 4.45. The van der Waals surface area contributed by atoms with Crippen molar-refractivity contribution >= 4 is 5.91 Å². The van der Waals surface area contributed by atoms with Crippen LogP contribution in [0.15, 0.2) is 18.2 Å². The van der Waals surface area contributed by atoms with Gasteiger partial charge in [0.05, 0.1) is 0 Å². The molecule has 3 heteroatoms. The SMILES string of the molecule is CC(=O)NCCC#Cc1ccc2c(c1)CCNC2. The molecule has 0 spiro atoms. The van der Waals surface area contributed by atoms with E-state index in [9.17, 15) is 4.79 Å². The fourth-order valence-electron chi connectivity index (χ4n) is 2.02. The van der Waals surface area contributed by atoms with Gasteiger partial charge in [0.25, 0.3) is 0 Å². The summed E-state index contributed by atoms with van der Waals surface area (Å²) in [6.07, 6.45) is 1.77. The van der Waals surface area contributed by atoms with Crippen LogP contribution in [0.3, 0.4) is 0 Å². The van der Waals surface area contributed by atoms with Gasteiger partial charge in [0.15, 0.2) is 0 Å². The van der Waals surface area contributed by atoms with Crippen molar-refractivity contribution in [2.24, 2.45) is 0 Å². The molecule has 0 fully saturated rings. The predicted molar refractivity (Wildman–Crippen MR) is 72.0 cm³/mol. The lowest BCUT2D eigenvalue weighted by atomic mass is 9.98. The van der Waals surface area contributed by atoms with Gasteiger partial charge in [0.1, 0.15) is 0 Å². The zero-order valence-electron chi connectivity index (χ0n) is 10.7. The smallest absolute Gasteiger partial charge is 0.216 e. The summed E-state index contributed by atoms with van der Waals surface area (Å²) in [6, 6.07) is 6.40. The summed E-state index contributed by atoms with van der Waals surface area (Å²) in [5.74, 6) is 6.23. The Balaban J connectivity index is 1.93. The number of hydrogen-bond acceptors (Lipinski definition) is 2. The first-order valence-corrected chi connectivity index (χ1v) is 6.31. The molecule has 18 heavy (non-hydrogen) atoms. The Labute approximate surface area is 108 Å². The summed E-state index contributed by atoms with van der Waals surface area (Å²) >= 11 is 0. The van der Waals surface area contributed by atoms with Gasteiger partial charge in [-0.15, -0.1) is 0 Å². The summed E-state index contributed by atoms with van der Waals surface area (Å²) in [6.45, 7) is 4.15. The van der Waals surface area contributed by atoms with E-state index in [1.807, 2.05) is 0 Å². The number of amides is 1. The second-order valence-electron chi connectivity index (χ2n) is 4.45. The molecule has 1 aromatic carbocycles. The first-order chi connectivity index (χ1) is 8.75. The van der Waals surface area contributed by atoms with E-state index >= 15 is 0 Å². The van der Waals surface area contributed by atoms with E-state index in [1.165, 1.54) is 18.1 Å². The zero-order valence-corrected chi connectivity index (χ0v) is 10.7. The molecule has 94 valence electrons. The van der Waals surface area contributed by atoms with Crippen LogP contribution in [0.4, 0.5) is 0 Å². The molecule has 0 saturated heterocycles. The van der Waals surface area contributed by atoms with E-state index in [4.69, 9.17) is 0 Å². The monoisotopic (exact) mass is 242 g/mol. The average Bonchev–Trinajstić information content (AvgIpc) is 2.38. The number of nitrogens with one attached hydrogen (secondary N) is 2. The number of carbonyl (C=O) groups excluding carboxylic acids is 1. The number of fused-ring (bicyclic) bond motifs is 1. The lowest BCUT2D eigenvalue weighted by molar-refractivity contribution is -0.118. The topological polar surface area (TPSA) is 41.1 Å². The Hall–Kier alpha value is -1.79. The number of benzene rings is 1. The van der Waals surface area contributed by atoms with E-state index in [1.54, 1.807) is 0 Å². The van der Waals surface area contributed by atoms with E-state index < -0.39 is 0 Å². The van der Waals surface area contributed by atoms with Gasteiger partial charge in [0, 0.05) is 32.0 Å². The number of rotatable bonds is 2. The van der Waals surface area contributed by atoms with Gasteiger partial charge in [-0.05, 0) is 36.2 Å². The lowest BCUT2D eigenvalue weighted by Gasteiger charge is -2.16. The van der Waals surface area contributed by atoms with Crippen LogP contribution in [0.25, 0.3) is 0 Å². The molecule has 1 aliphatic rings. The van der Waals surface area contributed by atoms with E-state index in [2.05, 4.69) is 40.7 Å². The van der Waals surface area contributed by atoms with Crippen molar-refractivity contribution in [3.8, 4) is 11.8 Å². The Morgan fingerprint density at radius 1 is 1.44 bits per heavy atom. The van der Waals surface area contributed by atoms with E-state index in [0.717, 1.165) is 25.1 Å². The third-order valence-electron chi connectivity index (χ3n) is 2.95. The van der Waals surface area contributed by atoms with Crippen molar-refractivity contribution in [3.63, 3.8) is 0 Å². The first-order valence-electron chi connectivity index (χ1n) is 6.31. The van der Waals surface area contributed by atoms with Gasteiger partial charge in [0.2, 0.25) is 5.91 Å². The van der Waals surface area contributed by atoms with Crippen molar-refractivity contribution in [1.82, 2.24) is 10.6 Å². The van der Waals surface area contributed by atoms with Crippen LogP contribution in [-0.4, -0.2) is 19.0 Å². The molecular formula is C15H18N2O. The van der Waals surface area contributed by atoms with Crippen LogP contribution < -0.4 is 10.6 Å². The number of carbonyl (C=O) groups is 1. The molecule has 0 atom stereocenters. The van der Waals surface area contributed by atoms with Gasteiger partial charge >= 0.3 is 0 Å². The third kappa shape index (κ3) is 3.61. The zero-order chi connectivity index (χ0) is 12.8. The lowest BCUT2D eigenvalue weighted by Crippen LogP contribution is -2.23. The highest BCUT2D eigenvalue weighted by Gasteiger charge is 2.07. The Morgan fingerprint density at radius 2 is 2.33 bits per heavy atom. The van der Waals surface area contributed by atoms with Crippen molar-refractivity contribution in [2.45, 2.75) is 26.3 Å². The summed E-state index contributed by atoms with van der Waals surface area (Å²) in [5.41, 5.74) is 3.85. The van der Waals surface area contributed by atoms with Crippen LogP contribution in [0.1, 0.15) is 30.0 Å². The van der Waals surface area contributed by atoms with Gasteiger partial charge in [-0.3, -0.25) is 4.79 Å². The highest BCUT2D eigenvalue weighted by atomic mass is 16.1. The second kappa shape index (κ2) is 6.23. The summed E-state index contributed by atoms with van der Waals surface area (Å²) in [5, 5.41) is 6.09. The molecule has 0 saturated carbocycles. The maximum absolute atomic E-state index is 10.7. The van der Waals surface area contributed by atoms with Crippen LogP contribution in [0.2, 0.25) is 0 Å². The molecule has 2 rings (SSSR count). The Bertz CT molecular complexity index is 497. The van der Waals surface area contributed by atoms with Gasteiger partial charge in [-0.2, -0.15) is 0 Å². The molecule has 1 amide bonds. The number of hydrogen-bond donors (Lipinski definition) is 2. The molecule has 1 aromatic rings. The molecule has 0 bridgehead atoms. The molecule has 0 aromatic heterocycles. The maximum atomic E-state index is 10.7. The Morgan fingerprint density at radius 3 is 3.17 bits per heavy atom. The molecule has 1 heterocycles. The van der Waals surface area contributed by atoms with Crippen LogP contribution in [0.5, 0.6) is 0 Å². The fraction of sp³-hybridized carbons (Fsp3) is 0.400. The van der Waals surface area contributed by atoms with Gasteiger partial charge < -0.3 is 10.6 Å². The predicted octanol–water partition coefficient (Wildman–Crippen LogP) is 1.21.